The summed E-state index contributed by atoms with van der Waals surface area (Å²) in [6, 6.07) is 28.8. The molecule has 29 heavy (non-hydrogen) atoms. The van der Waals surface area contributed by atoms with Crippen molar-refractivity contribution in [3.63, 3.8) is 0 Å². The number of rotatable bonds is 6. The van der Waals surface area contributed by atoms with Gasteiger partial charge < -0.3 is 10.6 Å². The van der Waals surface area contributed by atoms with Gasteiger partial charge in [0.1, 0.15) is 0 Å². The molecule has 3 aromatic carbocycles. The van der Waals surface area contributed by atoms with Crippen molar-refractivity contribution in [3.05, 3.63) is 90.5 Å². The first-order valence-electron chi connectivity index (χ1n) is 10.2. The Morgan fingerprint density at radius 1 is 0.897 bits per heavy atom. The van der Waals surface area contributed by atoms with Crippen molar-refractivity contribution in [1.82, 2.24) is 0 Å². The van der Waals surface area contributed by atoms with Gasteiger partial charge in [-0.1, -0.05) is 72.8 Å². The number of benzene rings is 3. The molecule has 0 unspecified atom stereocenters. The lowest BCUT2D eigenvalue weighted by Gasteiger charge is -2.30. The van der Waals surface area contributed by atoms with Crippen LogP contribution in [0.1, 0.15) is 31.7 Å². The third-order valence-electron chi connectivity index (χ3n) is 5.45. The molecule has 0 radical (unpaired) electrons. The maximum Gasteiger partial charge on any atom is 0.230 e. The van der Waals surface area contributed by atoms with Gasteiger partial charge in [-0.15, -0.1) is 0 Å². The van der Waals surface area contributed by atoms with E-state index in [1.165, 1.54) is 11.1 Å². The monoisotopic (exact) mass is 384 g/mol. The molecule has 3 nitrogen and oxygen atoms in total. The SMILES string of the molecule is CC(C)(N)CN(C(=O)[C@@H]1C[C@H]1c1ccccc1)c1ccc(-c2ccccc2)cc1. The summed E-state index contributed by atoms with van der Waals surface area (Å²) in [6.07, 6.45) is 0.909. The lowest BCUT2D eigenvalue weighted by molar-refractivity contribution is -0.120. The second kappa shape index (κ2) is 7.84. The van der Waals surface area contributed by atoms with Crippen LogP contribution < -0.4 is 10.6 Å². The van der Waals surface area contributed by atoms with Crippen LogP contribution in [-0.4, -0.2) is 18.0 Å². The van der Waals surface area contributed by atoms with Gasteiger partial charge in [0.05, 0.1) is 0 Å². The molecule has 2 atom stereocenters. The van der Waals surface area contributed by atoms with Crippen molar-refractivity contribution in [2.75, 3.05) is 11.4 Å². The van der Waals surface area contributed by atoms with Crippen molar-refractivity contribution < 1.29 is 4.79 Å². The van der Waals surface area contributed by atoms with E-state index in [-0.39, 0.29) is 11.8 Å². The van der Waals surface area contributed by atoms with Gasteiger partial charge in [0, 0.05) is 23.7 Å². The van der Waals surface area contributed by atoms with Crippen LogP contribution in [0.15, 0.2) is 84.9 Å². The Bertz CT molecular complexity index is 959. The summed E-state index contributed by atoms with van der Waals surface area (Å²) in [5, 5.41) is 0. The van der Waals surface area contributed by atoms with Crippen LogP contribution in [0.25, 0.3) is 11.1 Å². The normalized spacial score (nSPS) is 18.3. The topological polar surface area (TPSA) is 46.3 Å². The summed E-state index contributed by atoms with van der Waals surface area (Å²) in [5.74, 6) is 0.522. The van der Waals surface area contributed by atoms with E-state index in [1.54, 1.807) is 0 Å². The van der Waals surface area contributed by atoms with E-state index >= 15 is 0 Å². The van der Waals surface area contributed by atoms with Gasteiger partial charge in [0.15, 0.2) is 0 Å². The number of nitrogens with zero attached hydrogens (tertiary/aromatic N) is 1. The molecule has 2 N–H and O–H groups in total. The Labute approximate surface area is 173 Å². The van der Waals surface area contributed by atoms with E-state index in [1.807, 2.05) is 67.3 Å². The Balaban J connectivity index is 1.57. The van der Waals surface area contributed by atoms with Crippen molar-refractivity contribution in [1.29, 1.82) is 0 Å². The third-order valence-corrected chi connectivity index (χ3v) is 5.45. The second-order valence-corrected chi connectivity index (χ2v) is 8.69. The van der Waals surface area contributed by atoms with Gasteiger partial charge in [0.25, 0.3) is 0 Å². The van der Waals surface area contributed by atoms with E-state index in [0.29, 0.717) is 12.5 Å². The third kappa shape index (κ3) is 4.57. The van der Waals surface area contributed by atoms with Crippen molar-refractivity contribution in [2.24, 2.45) is 11.7 Å². The summed E-state index contributed by atoms with van der Waals surface area (Å²) in [7, 11) is 0. The van der Waals surface area contributed by atoms with Crippen LogP contribution in [0, 0.1) is 5.92 Å². The predicted molar refractivity (Wildman–Crippen MR) is 120 cm³/mol. The number of carbonyl (C=O) groups excluding carboxylic acids is 1. The second-order valence-electron chi connectivity index (χ2n) is 8.69. The van der Waals surface area contributed by atoms with Crippen LogP contribution >= 0.6 is 0 Å². The van der Waals surface area contributed by atoms with Gasteiger partial charge in [-0.05, 0) is 55.0 Å². The number of hydrogen-bond donors (Lipinski definition) is 1. The summed E-state index contributed by atoms with van der Waals surface area (Å²) in [4.78, 5) is 15.3. The molecule has 148 valence electrons. The average Bonchev–Trinajstić information content (AvgIpc) is 3.53. The summed E-state index contributed by atoms with van der Waals surface area (Å²) in [5.41, 5.74) is 10.3. The maximum atomic E-state index is 13.4. The van der Waals surface area contributed by atoms with Gasteiger partial charge in [-0.2, -0.15) is 0 Å². The minimum absolute atomic E-state index is 0.0357. The quantitative estimate of drug-likeness (QED) is 0.633. The molecular weight excluding hydrogens is 356 g/mol. The highest BCUT2D eigenvalue weighted by molar-refractivity contribution is 5.98. The molecule has 0 aromatic heterocycles. The lowest BCUT2D eigenvalue weighted by atomic mass is 10.0. The zero-order chi connectivity index (χ0) is 20.4. The number of nitrogens with two attached hydrogens (primary N) is 1. The Morgan fingerprint density at radius 3 is 2.03 bits per heavy atom. The molecule has 0 heterocycles. The standard InChI is InChI=1S/C26H28N2O/c1-26(2,27)18-28(25(29)24-17-23(24)21-11-7-4-8-12-21)22-15-13-20(14-16-22)19-9-5-3-6-10-19/h3-16,23-24H,17-18,27H2,1-2H3/t23-,24+/m0/s1. The minimum Gasteiger partial charge on any atom is -0.324 e. The largest absolute Gasteiger partial charge is 0.324 e. The number of anilines is 1. The zero-order valence-corrected chi connectivity index (χ0v) is 17.1. The molecule has 1 saturated carbocycles. The first-order chi connectivity index (χ1) is 13.9. The number of carbonyl (C=O) groups is 1. The van der Waals surface area contributed by atoms with E-state index in [2.05, 4.69) is 36.4 Å². The van der Waals surface area contributed by atoms with E-state index in [0.717, 1.165) is 17.7 Å². The van der Waals surface area contributed by atoms with Crippen molar-refractivity contribution in [2.45, 2.75) is 31.7 Å². The number of hydrogen-bond acceptors (Lipinski definition) is 2. The van der Waals surface area contributed by atoms with Gasteiger partial charge in [0.2, 0.25) is 5.91 Å². The van der Waals surface area contributed by atoms with Crippen molar-refractivity contribution >= 4 is 11.6 Å². The highest BCUT2D eigenvalue weighted by Crippen LogP contribution is 2.49. The summed E-state index contributed by atoms with van der Waals surface area (Å²) in [6.45, 7) is 4.43. The van der Waals surface area contributed by atoms with E-state index in [9.17, 15) is 4.79 Å². The minimum atomic E-state index is -0.467. The van der Waals surface area contributed by atoms with Crippen LogP contribution in [0.3, 0.4) is 0 Å². The highest BCUT2D eigenvalue weighted by Gasteiger charge is 2.46. The van der Waals surface area contributed by atoms with Crippen LogP contribution in [0.5, 0.6) is 0 Å². The summed E-state index contributed by atoms with van der Waals surface area (Å²) < 4.78 is 0. The van der Waals surface area contributed by atoms with Gasteiger partial charge in [-0.3, -0.25) is 4.79 Å². The van der Waals surface area contributed by atoms with Crippen LogP contribution in [-0.2, 0) is 4.79 Å². The van der Waals surface area contributed by atoms with Gasteiger partial charge >= 0.3 is 0 Å². The predicted octanol–water partition coefficient (Wildman–Crippen LogP) is 5.23. The first kappa shape index (κ1) is 19.4. The van der Waals surface area contributed by atoms with Crippen LogP contribution in [0.2, 0.25) is 0 Å². The Hall–Kier alpha value is -2.91. The highest BCUT2D eigenvalue weighted by atomic mass is 16.2. The molecule has 0 saturated heterocycles. The molecule has 0 bridgehead atoms. The van der Waals surface area contributed by atoms with Crippen molar-refractivity contribution in [3.8, 4) is 11.1 Å². The Morgan fingerprint density at radius 2 is 1.45 bits per heavy atom. The van der Waals surface area contributed by atoms with E-state index in [4.69, 9.17) is 5.73 Å². The molecule has 0 spiro atoms. The molecule has 0 aliphatic heterocycles. The molecule has 3 aromatic rings. The number of amides is 1. The smallest absolute Gasteiger partial charge is 0.230 e. The molecule has 1 aliphatic carbocycles. The molecular formula is C26H28N2O. The molecule has 1 aliphatic rings. The fourth-order valence-electron chi connectivity index (χ4n) is 3.91. The van der Waals surface area contributed by atoms with Crippen LogP contribution in [0.4, 0.5) is 5.69 Å². The lowest BCUT2D eigenvalue weighted by Crippen LogP contribution is -2.48. The Kier molecular flexibility index (Phi) is 5.25. The average molecular weight is 385 g/mol. The van der Waals surface area contributed by atoms with E-state index < -0.39 is 5.54 Å². The fourth-order valence-corrected chi connectivity index (χ4v) is 3.91. The summed E-state index contributed by atoms with van der Waals surface area (Å²) >= 11 is 0. The first-order valence-corrected chi connectivity index (χ1v) is 10.2. The maximum absolute atomic E-state index is 13.4. The van der Waals surface area contributed by atoms with Gasteiger partial charge in [-0.25, -0.2) is 0 Å². The zero-order valence-electron chi connectivity index (χ0n) is 17.1. The molecule has 3 heteroatoms. The fraction of sp³-hybridized carbons (Fsp3) is 0.269. The molecule has 4 rings (SSSR count). The molecule has 1 amide bonds. The molecule has 1 fully saturated rings.